The third-order valence-corrected chi connectivity index (χ3v) is 7.23. The SMILES string of the molecule is CCCOc1ccccc1C1C2=C(CC(C)(C)CC2=O)N(CCOC)C2=C1C(=O)CC(C)(C)C2. The number of rotatable bonds is 7. The van der Waals surface area contributed by atoms with Gasteiger partial charge < -0.3 is 14.4 Å². The molecule has 0 N–H and O–H groups in total. The smallest absolute Gasteiger partial charge is 0.162 e. The Morgan fingerprint density at radius 3 is 1.97 bits per heavy atom. The van der Waals surface area contributed by atoms with Crippen molar-refractivity contribution in [2.75, 3.05) is 26.9 Å². The lowest BCUT2D eigenvalue weighted by molar-refractivity contribution is -0.119. The summed E-state index contributed by atoms with van der Waals surface area (Å²) in [6.07, 6.45) is 3.47. The number of ketones is 2. The van der Waals surface area contributed by atoms with Crippen molar-refractivity contribution in [3.8, 4) is 5.75 Å². The average Bonchev–Trinajstić information content (AvgIpc) is 2.74. The van der Waals surface area contributed by atoms with Gasteiger partial charge in [0.1, 0.15) is 5.75 Å². The standard InChI is InChI=1S/C29H39NO4/c1-7-13-34-24-11-9-8-10-19(24)25-26-20(15-28(2,3)17-22(26)31)30(12-14-33-6)21-16-29(4,5)18-23(32)27(21)25/h8-11,25H,7,12-18H2,1-6H3. The number of benzene rings is 1. The number of allylic oxidation sites excluding steroid dienone is 4. The maximum Gasteiger partial charge on any atom is 0.162 e. The van der Waals surface area contributed by atoms with Crippen LogP contribution < -0.4 is 4.74 Å². The van der Waals surface area contributed by atoms with Crippen LogP contribution in [0.5, 0.6) is 5.75 Å². The summed E-state index contributed by atoms with van der Waals surface area (Å²) in [7, 11) is 1.70. The zero-order valence-electron chi connectivity index (χ0n) is 21.6. The second kappa shape index (κ2) is 9.33. The molecule has 1 aliphatic heterocycles. The van der Waals surface area contributed by atoms with Gasteiger partial charge in [0.2, 0.25) is 0 Å². The Kier molecular flexibility index (Phi) is 6.78. The van der Waals surface area contributed by atoms with Crippen molar-refractivity contribution < 1.29 is 19.1 Å². The topological polar surface area (TPSA) is 55.8 Å². The van der Waals surface area contributed by atoms with E-state index in [1.54, 1.807) is 7.11 Å². The lowest BCUT2D eigenvalue weighted by atomic mass is 9.63. The third-order valence-electron chi connectivity index (χ3n) is 7.23. The molecule has 0 saturated carbocycles. The maximum absolute atomic E-state index is 13.8. The second-order valence-corrected chi connectivity index (χ2v) is 11.6. The minimum absolute atomic E-state index is 0.129. The summed E-state index contributed by atoms with van der Waals surface area (Å²) in [4.78, 5) is 29.8. The molecule has 0 unspecified atom stereocenters. The lowest BCUT2D eigenvalue weighted by Crippen LogP contribution is -2.45. The second-order valence-electron chi connectivity index (χ2n) is 11.6. The van der Waals surface area contributed by atoms with Gasteiger partial charge in [-0.1, -0.05) is 52.8 Å². The fraction of sp³-hybridized carbons (Fsp3) is 0.586. The van der Waals surface area contributed by atoms with Gasteiger partial charge in [-0.05, 0) is 36.2 Å². The quantitative estimate of drug-likeness (QED) is 0.509. The van der Waals surface area contributed by atoms with E-state index in [4.69, 9.17) is 9.47 Å². The van der Waals surface area contributed by atoms with Crippen molar-refractivity contribution in [2.24, 2.45) is 10.8 Å². The normalized spacial score (nSPS) is 22.1. The zero-order valence-corrected chi connectivity index (χ0v) is 21.6. The Bertz CT molecular complexity index is 992. The van der Waals surface area contributed by atoms with Crippen LogP contribution in [0.4, 0.5) is 0 Å². The van der Waals surface area contributed by atoms with Crippen LogP contribution in [0.25, 0.3) is 0 Å². The highest BCUT2D eigenvalue weighted by molar-refractivity contribution is 6.07. The fourth-order valence-corrected chi connectivity index (χ4v) is 5.87. The predicted octanol–water partition coefficient (Wildman–Crippen LogP) is 5.81. The molecule has 0 bridgehead atoms. The van der Waals surface area contributed by atoms with Gasteiger partial charge in [-0.3, -0.25) is 9.59 Å². The Labute approximate surface area is 204 Å². The van der Waals surface area contributed by atoms with Crippen LogP contribution in [-0.4, -0.2) is 43.3 Å². The first kappa shape index (κ1) is 24.7. The van der Waals surface area contributed by atoms with Gasteiger partial charge in [-0.15, -0.1) is 0 Å². The molecule has 0 fully saturated rings. The number of nitrogens with zero attached hydrogens (tertiary/aromatic N) is 1. The van der Waals surface area contributed by atoms with E-state index in [0.717, 1.165) is 53.1 Å². The van der Waals surface area contributed by atoms with Crippen molar-refractivity contribution in [3.05, 3.63) is 52.4 Å². The van der Waals surface area contributed by atoms with E-state index in [9.17, 15) is 9.59 Å². The number of carbonyl (C=O) groups is 2. The first-order valence-corrected chi connectivity index (χ1v) is 12.6. The molecular formula is C29H39NO4. The van der Waals surface area contributed by atoms with Gasteiger partial charge in [0.25, 0.3) is 0 Å². The Hall–Kier alpha value is -2.40. The van der Waals surface area contributed by atoms with E-state index in [1.165, 1.54) is 0 Å². The number of ether oxygens (including phenoxy) is 2. The molecule has 2 aliphatic carbocycles. The molecule has 0 amide bonds. The van der Waals surface area contributed by atoms with Crippen LogP contribution in [-0.2, 0) is 14.3 Å². The number of hydrogen-bond acceptors (Lipinski definition) is 5. The van der Waals surface area contributed by atoms with Gasteiger partial charge in [0.15, 0.2) is 11.6 Å². The molecule has 5 nitrogen and oxygen atoms in total. The number of hydrogen-bond donors (Lipinski definition) is 0. The van der Waals surface area contributed by atoms with Crippen molar-refractivity contribution in [1.82, 2.24) is 4.90 Å². The summed E-state index contributed by atoms with van der Waals surface area (Å²) in [5.74, 6) is 0.694. The molecule has 1 heterocycles. The van der Waals surface area contributed by atoms with Crippen LogP contribution in [0.1, 0.15) is 78.2 Å². The number of carbonyl (C=O) groups excluding carboxylic acids is 2. The lowest BCUT2D eigenvalue weighted by Gasteiger charge is -2.49. The molecule has 0 atom stereocenters. The van der Waals surface area contributed by atoms with E-state index < -0.39 is 0 Å². The molecule has 0 spiro atoms. The van der Waals surface area contributed by atoms with Crippen molar-refractivity contribution >= 4 is 11.6 Å². The number of para-hydroxylation sites is 1. The molecule has 4 rings (SSSR count). The van der Waals surface area contributed by atoms with Crippen LogP contribution in [0, 0.1) is 10.8 Å². The number of Topliss-reactive ketones (excluding diaryl/α,β-unsaturated/α-hetero) is 2. The highest BCUT2D eigenvalue weighted by Crippen LogP contribution is 2.55. The summed E-state index contributed by atoms with van der Waals surface area (Å²) in [5, 5.41) is 0. The van der Waals surface area contributed by atoms with E-state index in [0.29, 0.717) is 32.6 Å². The molecule has 1 aromatic carbocycles. The van der Waals surface area contributed by atoms with E-state index in [2.05, 4.69) is 39.5 Å². The minimum atomic E-state index is -0.371. The maximum atomic E-state index is 13.8. The van der Waals surface area contributed by atoms with Crippen molar-refractivity contribution in [3.63, 3.8) is 0 Å². The van der Waals surface area contributed by atoms with Crippen LogP contribution in [0.15, 0.2) is 46.8 Å². The van der Waals surface area contributed by atoms with Crippen molar-refractivity contribution in [1.29, 1.82) is 0 Å². The Balaban J connectivity index is 1.97. The molecule has 34 heavy (non-hydrogen) atoms. The third kappa shape index (κ3) is 4.59. The summed E-state index contributed by atoms with van der Waals surface area (Å²) in [5.41, 5.74) is 4.38. The summed E-state index contributed by atoms with van der Waals surface area (Å²) in [6, 6.07) is 7.96. The highest BCUT2D eigenvalue weighted by Gasteiger charge is 2.49. The van der Waals surface area contributed by atoms with E-state index >= 15 is 0 Å². The summed E-state index contributed by atoms with van der Waals surface area (Å²) < 4.78 is 11.6. The molecule has 184 valence electrons. The molecule has 1 aromatic rings. The van der Waals surface area contributed by atoms with Gasteiger partial charge in [-0.2, -0.15) is 0 Å². The summed E-state index contributed by atoms with van der Waals surface area (Å²) in [6.45, 7) is 12.5. The van der Waals surface area contributed by atoms with Gasteiger partial charge >= 0.3 is 0 Å². The van der Waals surface area contributed by atoms with Gasteiger partial charge in [0.05, 0.1) is 13.2 Å². The van der Waals surface area contributed by atoms with E-state index in [1.807, 2.05) is 24.3 Å². The largest absolute Gasteiger partial charge is 0.493 e. The average molecular weight is 466 g/mol. The molecule has 5 heteroatoms. The highest BCUT2D eigenvalue weighted by atomic mass is 16.5. The molecule has 0 radical (unpaired) electrons. The first-order chi connectivity index (χ1) is 16.1. The van der Waals surface area contributed by atoms with Gasteiger partial charge in [0, 0.05) is 60.5 Å². The molecule has 3 aliphatic rings. The fourth-order valence-electron chi connectivity index (χ4n) is 5.87. The van der Waals surface area contributed by atoms with Crippen LogP contribution in [0.2, 0.25) is 0 Å². The summed E-state index contributed by atoms with van der Waals surface area (Å²) >= 11 is 0. The molecule has 0 saturated heterocycles. The number of methoxy groups -OCH3 is 1. The molecular weight excluding hydrogens is 426 g/mol. The van der Waals surface area contributed by atoms with Crippen molar-refractivity contribution in [2.45, 2.75) is 72.6 Å². The predicted molar refractivity (Wildman–Crippen MR) is 134 cm³/mol. The van der Waals surface area contributed by atoms with Crippen LogP contribution in [0.3, 0.4) is 0 Å². The molecule has 0 aromatic heterocycles. The van der Waals surface area contributed by atoms with Crippen LogP contribution >= 0.6 is 0 Å². The first-order valence-electron chi connectivity index (χ1n) is 12.6. The van der Waals surface area contributed by atoms with Gasteiger partial charge in [-0.25, -0.2) is 0 Å². The monoisotopic (exact) mass is 465 g/mol. The minimum Gasteiger partial charge on any atom is -0.493 e. The zero-order chi connectivity index (χ0) is 24.7. The Morgan fingerprint density at radius 2 is 1.44 bits per heavy atom. The Morgan fingerprint density at radius 1 is 0.882 bits per heavy atom. The van der Waals surface area contributed by atoms with E-state index in [-0.39, 0.29) is 28.3 Å².